The molecule has 5 heteroatoms. The van der Waals surface area contributed by atoms with Gasteiger partial charge in [-0.2, -0.15) is 0 Å². The molecule has 96 valence electrons. The van der Waals surface area contributed by atoms with E-state index in [1.54, 1.807) is 0 Å². The van der Waals surface area contributed by atoms with Gasteiger partial charge in [-0.25, -0.2) is 8.42 Å². The van der Waals surface area contributed by atoms with Gasteiger partial charge in [0.25, 0.3) is 0 Å². The molecule has 0 spiro atoms. The van der Waals surface area contributed by atoms with Crippen LogP contribution in [0.15, 0.2) is 0 Å². The Morgan fingerprint density at radius 1 is 1.31 bits per heavy atom. The lowest BCUT2D eigenvalue weighted by Crippen LogP contribution is -2.38. The van der Waals surface area contributed by atoms with Gasteiger partial charge in [0.15, 0.2) is 0 Å². The summed E-state index contributed by atoms with van der Waals surface area (Å²) in [5, 5.41) is 0. The van der Waals surface area contributed by atoms with E-state index in [0.717, 1.165) is 12.3 Å². The van der Waals surface area contributed by atoms with E-state index in [9.17, 15) is 8.42 Å². The molecule has 1 rings (SSSR count). The van der Waals surface area contributed by atoms with Crippen LogP contribution in [0, 0.1) is 5.92 Å². The Kier molecular flexibility index (Phi) is 5.72. The van der Waals surface area contributed by atoms with E-state index in [0.29, 0.717) is 6.42 Å². The summed E-state index contributed by atoms with van der Waals surface area (Å²) in [6.07, 6.45) is 9.45. The van der Waals surface area contributed by atoms with Gasteiger partial charge >= 0.3 is 0 Å². The van der Waals surface area contributed by atoms with Gasteiger partial charge in [-0.1, -0.05) is 32.1 Å². The molecule has 1 fully saturated rings. The maximum atomic E-state index is 11.1. The fourth-order valence-corrected chi connectivity index (χ4v) is 3.16. The van der Waals surface area contributed by atoms with Gasteiger partial charge in [0, 0.05) is 12.3 Å². The van der Waals surface area contributed by atoms with E-state index in [1.807, 2.05) is 0 Å². The minimum Gasteiger partial charge on any atom is -0.271 e. The monoisotopic (exact) mass is 248 g/mol. The first-order chi connectivity index (χ1) is 7.51. The van der Waals surface area contributed by atoms with Gasteiger partial charge in [0.05, 0.1) is 5.75 Å². The molecule has 1 atom stereocenters. The highest BCUT2D eigenvalue weighted by Crippen LogP contribution is 2.27. The summed E-state index contributed by atoms with van der Waals surface area (Å²) in [7, 11) is -2.87. The minimum absolute atomic E-state index is 0.151. The number of sulfone groups is 1. The zero-order valence-electron chi connectivity index (χ0n) is 10.1. The summed E-state index contributed by atoms with van der Waals surface area (Å²) in [4.78, 5) is 0. The topological polar surface area (TPSA) is 72.2 Å². The number of nitrogens with two attached hydrogens (primary N) is 1. The molecule has 0 heterocycles. The molecule has 0 aromatic carbocycles. The molecule has 4 nitrogen and oxygen atoms in total. The standard InChI is InChI=1S/C11H24N2O2S/c1-16(14,15)8-7-11(13-12)9-10-5-3-2-4-6-10/h10-11,13H,2-9,12H2,1H3. The molecule has 0 amide bonds. The van der Waals surface area contributed by atoms with Crippen molar-refractivity contribution in [1.82, 2.24) is 5.43 Å². The summed E-state index contributed by atoms with van der Waals surface area (Å²) >= 11 is 0. The average molecular weight is 248 g/mol. The quantitative estimate of drug-likeness (QED) is 0.548. The smallest absolute Gasteiger partial charge is 0.147 e. The Hall–Kier alpha value is -0.130. The highest BCUT2D eigenvalue weighted by molar-refractivity contribution is 7.90. The van der Waals surface area contributed by atoms with Crippen LogP contribution in [0.5, 0.6) is 0 Å². The predicted octanol–water partition coefficient (Wildman–Crippen LogP) is 1.22. The first-order valence-electron chi connectivity index (χ1n) is 6.15. The Labute approximate surface area is 98.9 Å². The van der Waals surface area contributed by atoms with Crippen molar-refractivity contribution < 1.29 is 8.42 Å². The molecule has 1 aliphatic rings. The van der Waals surface area contributed by atoms with Crippen LogP contribution in [0.1, 0.15) is 44.9 Å². The zero-order chi connectivity index (χ0) is 12.0. The van der Waals surface area contributed by atoms with E-state index in [2.05, 4.69) is 5.43 Å². The second-order valence-electron chi connectivity index (χ2n) is 5.02. The lowest BCUT2D eigenvalue weighted by molar-refractivity contribution is 0.295. The summed E-state index contributed by atoms with van der Waals surface area (Å²) in [6, 6.07) is 0.151. The van der Waals surface area contributed by atoms with Crippen molar-refractivity contribution in [2.45, 2.75) is 51.0 Å². The summed E-state index contributed by atoms with van der Waals surface area (Å²) < 4.78 is 22.2. The van der Waals surface area contributed by atoms with E-state index in [-0.39, 0.29) is 11.8 Å². The Balaban J connectivity index is 2.30. The highest BCUT2D eigenvalue weighted by atomic mass is 32.2. The van der Waals surface area contributed by atoms with E-state index >= 15 is 0 Å². The van der Waals surface area contributed by atoms with Crippen LogP contribution in [0.4, 0.5) is 0 Å². The van der Waals surface area contributed by atoms with Crippen molar-refractivity contribution >= 4 is 9.84 Å². The molecule has 0 bridgehead atoms. The van der Waals surface area contributed by atoms with Crippen LogP contribution in [-0.4, -0.2) is 26.5 Å². The van der Waals surface area contributed by atoms with Crippen LogP contribution in [-0.2, 0) is 9.84 Å². The molecular weight excluding hydrogens is 224 g/mol. The molecule has 0 aromatic rings. The van der Waals surface area contributed by atoms with Crippen molar-refractivity contribution in [2.24, 2.45) is 11.8 Å². The molecule has 1 unspecified atom stereocenters. The first kappa shape index (κ1) is 13.9. The summed E-state index contributed by atoms with van der Waals surface area (Å²) in [6.45, 7) is 0. The fourth-order valence-electron chi connectivity index (χ4n) is 2.45. The van der Waals surface area contributed by atoms with Gasteiger partial charge in [-0.3, -0.25) is 11.3 Å². The summed E-state index contributed by atoms with van der Waals surface area (Å²) in [5.41, 5.74) is 2.76. The third-order valence-corrected chi connectivity index (χ3v) is 4.39. The van der Waals surface area contributed by atoms with Crippen molar-refractivity contribution in [1.29, 1.82) is 0 Å². The van der Waals surface area contributed by atoms with Crippen molar-refractivity contribution in [3.8, 4) is 0 Å². The van der Waals surface area contributed by atoms with Gasteiger partial charge in [0.1, 0.15) is 9.84 Å². The van der Waals surface area contributed by atoms with Crippen LogP contribution in [0.3, 0.4) is 0 Å². The van der Waals surface area contributed by atoms with E-state index in [4.69, 9.17) is 5.84 Å². The summed E-state index contributed by atoms with van der Waals surface area (Å²) in [5.74, 6) is 6.44. The molecular formula is C11H24N2O2S. The molecule has 1 saturated carbocycles. The SMILES string of the molecule is CS(=O)(=O)CCC(CC1CCCCC1)NN. The van der Waals surface area contributed by atoms with Crippen LogP contribution in [0.25, 0.3) is 0 Å². The number of hydrogen-bond acceptors (Lipinski definition) is 4. The van der Waals surface area contributed by atoms with Crippen molar-refractivity contribution in [3.05, 3.63) is 0 Å². The second kappa shape index (κ2) is 6.57. The van der Waals surface area contributed by atoms with E-state index in [1.165, 1.54) is 38.4 Å². The largest absolute Gasteiger partial charge is 0.271 e. The maximum absolute atomic E-state index is 11.1. The number of nitrogens with one attached hydrogen (secondary N) is 1. The molecule has 0 aromatic heterocycles. The normalized spacial score (nSPS) is 20.9. The van der Waals surface area contributed by atoms with E-state index < -0.39 is 9.84 Å². The second-order valence-corrected chi connectivity index (χ2v) is 7.28. The third kappa shape index (κ3) is 5.82. The van der Waals surface area contributed by atoms with Gasteiger partial charge in [-0.05, 0) is 18.8 Å². The molecule has 16 heavy (non-hydrogen) atoms. The lowest BCUT2D eigenvalue weighted by atomic mass is 9.84. The number of hydrazine groups is 1. The Bertz CT molecular complexity index is 284. The minimum atomic E-state index is -2.87. The highest BCUT2D eigenvalue weighted by Gasteiger charge is 2.19. The van der Waals surface area contributed by atoms with Crippen molar-refractivity contribution in [2.75, 3.05) is 12.0 Å². The predicted molar refractivity (Wildman–Crippen MR) is 66.6 cm³/mol. The Morgan fingerprint density at radius 2 is 1.94 bits per heavy atom. The molecule has 0 saturated heterocycles. The first-order valence-corrected chi connectivity index (χ1v) is 8.21. The molecule has 0 radical (unpaired) electrons. The van der Waals surface area contributed by atoms with Gasteiger partial charge in [0.2, 0.25) is 0 Å². The maximum Gasteiger partial charge on any atom is 0.147 e. The van der Waals surface area contributed by atoms with Crippen LogP contribution in [0.2, 0.25) is 0 Å². The van der Waals surface area contributed by atoms with Crippen LogP contribution >= 0.6 is 0 Å². The fraction of sp³-hybridized carbons (Fsp3) is 1.00. The third-order valence-electron chi connectivity index (χ3n) is 3.42. The van der Waals surface area contributed by atoms with Gasteiger partial charge in [-0.15, -0.1) is 0 Å². The molecule has 3 N–H and O–H groups in total. The molecule has 0 aliphatic heterocycles. The number of rotatable bonds is 6. The number of hydrogen-bond donors (Lipinski definition) is 2. The lowest BCUT2D eigenvalue weighted by Gasteiger charge is -2.26. The van der Waals surface area contributed by atoms with Crippen LogP contribution < -0.4 is 11.3 Å². The van der Waals surface area contributed by atoms with Crippen molar-refractivity contribution in [3.63, 3.8) is 0 Å². The molecule has 1 aliphatic carbocycles. The van der Waals surface area contributed by atoms with Gasteiger partial charge < -0.3 is 0 Å². The zero-order valence-corrected chi connectivity index (χ0v) is 10.9. The average Bonchev–Trinajstić information content (AvgIpc) is 2.24. The Morgan fingerprint density at radius 3 is 2.44 bits per heavy atom.